The number of nitrogens with zero attached hydrogens (tertiary/aromatic N) is 4. The van der Waals surface area contributed by atoms with E-state index in [9.17, 15) is 0 Å². The molecule has 0 amide bonds. The zero-order valence-electron chi connectivity index (χ0n) is 11.2. The molecule has 4 nitrogen and oxygen atoms in total. The van der Waals surface area contributed by atoms with Crippen LogP contribution in [0, 0.1) is 13.8 Å². The number of hydrogen-bond donors (Lipinski definition) is 0. The molecule has 0 saturated carbocycles. The van der Waals surface area contributed by atoms with Crippen LogP contribution in [0.25, 0.3) is 16.9 Å². The van der Waals surface area contributed by atoms with Crippen LogP contribution in [-0.2, 0) is 0 Å². The lowest BCUT2D eigenvalue weighted by Crippen LogP contribution is -2.04. The second kappa shape index (κ2) is 5.06. The van der Waals surface area contributed by atoms with Gasteiger partial charge in [0.25, 0.3) is 0 Å². The molecule has 20 heavy (non-hydrogen) atoms. The summed E-state index contributed by atoms with van der Waals surface area (Å²) in [5.74, 6) is 0.553. The van der Waals surface area contributed by atoms with Crippen LogP contribution in [0.5, 0.6) is 0 Å². The molecule has 5 heteroatoms. The van der Waals surface area contributed by atoms with Crippen molar-refractivity contribution in [3.05, 3.63) is 59.3 Å². The van der Waals surface area contributed by atoms with Gasteiger partial charge in [-0.05, 0) is 19.4 Å². The van der Waals surface area contributed by atoms with Crippen LogP contribution in [0.1, 0.15) is 11.4 Å². The molecular weight excluding hydrogens is 272 g/mol. The minimum absolute atomic E-state index is 0.357. The maximum atomic E-state index is 6.16. The Morgan fingerprint density at radius 1 is 0.950 bits per heavy atom. The lowest BCUT2D eigenvalue weighted by atomic mass is 10.1. The quantitative estimate of drug-likeness (QED) is 0.722. The molecule has 0 aliphatic heterocycles. The summed E-state index contributed by atoms with van der Waals surface area (Å²) in [6.07, 6.45) is 3.70. The third-order valence-corrected chi connectivity index (χ3v) is 3.41. The van der Waals surface area contributed by atoms with Crippen molar-refractivity contribution in [1.82, 2.24) is 19.7 Å². The topological polar surface area (TPSA) is 43.6 Å². The average Bonchev–Trinajstić information content (AvgIpc) is 2.93. The lowest BCUT2D eigenvalue weighted by Gasteiger charge is -2.05. The third-order valence-electron chi connectivity index (χ3n) is 3.15. The van der Waals surface area contributed by atoms with Crippen LogP contribution in [0.15, 0.2) is 42.7 Å². The van der Waals surface area contributed by atoms with Crippen molar-refractivity contribution >= 4 is 11.6 Å². The normalized spacial score (nSPS) is 10.8. The van der Waals surface area contributed by atoms with Gasteiger partial charge >= 0.3 is 0 Å². The molecule has 3 rings (SSSR count). The predicted molar refractivity (Wildman–Crippen MR) is 79.1 cm³/mol. The second-order valence-electron chi connectivity index (χ2n) is 4.55. The Morgan fingerprint density at radius 2 is 1.65 bits per heavy atom. The number of benzene rings is 1. The maximum Gasteiger partial charge on any atom is 0.191 e. The summed E-state index contributed by atoms with van der Waals surface area (Å²) >= 11 is 6.16. The molecule has 0 fully saturated rings. The van der Waals surface area contributed by atoms with E-state index in [1.165, 1.54) is 0 Å². The summed E-state index contributed by atoms with van der Waals surface area (Å²) in [6, 6.07) is 10.1. The number of hydrogen-bond acceptors (Lipinski definition) is 3. The van der Waals surface area contributed by atoms with E-state index in [4.69, 9.17) is 11.6 Å². The van der Waals surface area contributed by atoms with Gasteiger partial charge in [-0.2, -0.15) is 5.10 Å². The van der Waals surface area contributed by atoms with Gasteiger partial charge in [-0.3, -0.25) is 0 Å². The molecule has 100 valence electrons. The maximum absolute atomic E-state index is 6.16. The van der Waals surface area contributed by atoms with Crippen molar-refractivity contribution in [2.24, 2.45) is 0 Å². The molecular formula is C15H13ClN4. The predicted octanol–water partition coefficient (Wildman–Crippen LogP) is 3.60. The molecule has 3 aromatic rings. The Hall–Kier alpha value is -2.20. The summed E-state index contributed by atoms with van der Waals surface area (Å²) in [6.45, 7) is 3.79. The van der Waals surface area contributed by atoms with Crippen LogP contribution < -0.4 is 0 Å². The van der Waals surface area contributed by atoms with Crippen LogP contribution in [0.3, 0.4) is 0 Å². The fourth-order valence-corrected chi connectivity index (χ4v) is 2.18. The van der Waals surface area contributed by atoms with Crippen molar-refractivity contribution in [2.45, 2.75) is 13.8 Å². The summed E-state index contributed by atoms with van der Waals surface area (Å²) in [5, 5.41) is 4.68. The first-order valence-electron chi connectivity index (χ1n) is 6.26. The summed E-state index contributed by atoms with van der Waals surface area (Å²) in [5.41, 5.74) is 3.80. The van der Waals surface area contributed by atoms with Crippen LogP contribution in [0.4, 0.5) is 0 Å². The van der Waals surface area contributed by atoms with E-state index in [2.05, 4.69) is 15.1 Å². The number of rotatable bonds is 2. The van der Waals surface area contributed by atoms with Gasteiger partial charge in [0.1, 0.15) is 0 Å². The van der Waals surface area contributed by atoms with Crippen LogP contribution in [0.2, 0.25) is 5.15 Å². The van der Waals surface area contributed by atoms with Crippen LogP contribution >= 0.6 is 11.6 Å². The highest BCUT2D eigenvalue weighted by Crippen LogP contribution is 2.22. The van der Waals surface area contributed by atoms with E-state index in [1.807, 2.05) is 50.4 Å². The average molecular weight is 285 g/mol. The van der Waals surface area contributed by atoms with E-state index < -0.39 is 0 Å². The Bertz CT molecular complexity index is 750. The van der Waals surface area contributed by atoms with Crippen molar-refractivity contribution in [3.8, 4) is 16.9 Å². The number of aryl methyl sites for hydroxylation is 2. The molecule has 2 aromatic heterocycles. The van der Waals surface area contributed by atoms with Crippen molar-refractivity contribution in [3.63, 3.8) is 0 Å². The molecule has 0 bridgehead atoms. The summed E-state index contributed by atoms with van der Waals surface area (Å²) in [4.78, 5) is 8.73. The van der Waals surface area contributed by atoms with Gasteiger partial charge in [-0.15, -0.1) is 0 Å². The first-order chi connectivity index (χ1) is 9.65. The highest BCUT2D eigenvalue weighted by molar-refractivity contribution is 6.30. The minimum Gasteiger partial charge on any atom is -0.236 e. The molecule has 2 heterocycles. The van der Waals surface area contributed by atoms with Gasteiger partial charge < -0.3 is 0 Å². The van der Waals surface area contributed by atoms with Gasteiger partial charge in [-0.25, -0.2) is 14.6 Å². The van der Waals surface area contributed by atoms with E-state index in [1.54, 1.807) is 10.9 Å². The lowest BCUT2D eigenvalue weighted by molar-refractivity contribution is 0.824. The Balaban J connectivity index is 2.05. The highest BCUT2D eigenvalue weighted by atomic mass is 35.5. The van der Waals surface area contributed by atoms with Gasteiger partial charge in [0.05, 0.1) is 17.6 Å². The van der Waals surface area contributed by atoms with Gasteiger partial charge in [0, 0.05) is 11.8 Å². The zero-order chi connectivity index (χ0) is 14.1. The Morgan fingerprint density at radius 3 is 2.40 bits per heavy atom. The summed E-state index contributed by atoms with van der Waals surface area (Å²) in [7, 11) is 0. The SMILES string of the molecule is Cc1nc(Cl)c(-n2cc(-c3ccccc3)cn2)nc1C. The standard InChI is InChI=1S/C15H13ClN4/c1-10-11(2)19-15(14(16)18-10)20-9-13(8-17-20)12-6-4-3-5-7-12/h3-9H,1-2H3. The molecule has 0 spiro atoms. The zero-order valence-corrected chi connectivity index (χ0v) is 12.0. The number of halogens is 1. The Kier molecular flexibility index (Phi) is 3.24. The van der Waals surface area contributed by atoms with Crippen molar-refractivity contribution in [1.29, 1.82) is 0 Å². The molecule has 0 aliphatic rings. The second-order valence-corrected chi connectivity index (χ2v) is 4.91. The number of aromatic nitrogens is 4. The van der Waals surface area contributed by atoms with Gasteiger partial charge in [0.2, 0.25) is 0 Å². The molecule has 0 aliphatic carbocycles. The molecule has 0 N–H and O–H groups in total. The third kappa shape index (κ3) is 2.30. The van der Waals surface area contributed by atoms with Crippen molar-refractivity contribution in [2.75, 3.05) is 0 Å². The van der Waals surface area contributed by atoms with Gasteiger partial charge in [0.15, 0.2) is 11.0 Å². The molecule has 0 atom stereocenters. The van der Waals surface area contributed by atoms with Gasteiger partial charge in [-0.1, -0.05) is 41.9 Å². The van der Waals surface area contributed by atoms with E-state index in [-0.39, 0.29) is 0 Å². The monoisotopic (exact) mass is 284 g/mol. The van der Waals surface area contributed by atoms with Crippen LogP contribution in [-0.4, -0.2) is 19.7 Å². The Labute approximate surface area is 122 Å². The largest absolute Gasteiger partial charge is 0.236 e. The summed E-state index contributed by atoms with van der Waals surface area (Å²) < 4.78 is 1.66. The van der Waals surface area contributed by atoms with E-state index in [0.29, 0.717) is 11.0 Å². The highest BCUT2D eigenvalue weighted by Gasteiger charge is 2.11. The molecule has 0 radical (unpaired) electrons. The first kappa shape index (κ1) is 12.8. The first-order valence-corrected chi connectivity index (χ1v) is 6.64. The fourth-order valence-electron chi connectivity index (χ4n) is 1.93. The van der Waals surface area contributed by atoms with E-state index in [0.717, 1.165) is 22.5 Å². The fraction of sp³-hybridized carbons (Fsp3) is 0.133. The van der Waals surface area contributed by atoms with E-state index >= 15 is 0 Å². The smallest absolute Gasteiger partial charge is 0.191 e. The molecule has 1 aromatic carbocycles. The van der Waals surface area contributed by atoms with Crippen molar-refractivity contribution < 1.29 is 0 Å². The minimum atomic E-state index is 0.357. The molecule has 0 saturated heterocycles. The molecule has 0 unspecified atom stereocenters.